The van der Waals surface area contributed by atoms with Crippen molar-refractivity contribution in [3.05, 3.63) is 70.6 Å². The summed E-state index contributed by atoms with van der Waals surface area (Å²) in [5, 5.41) is 13.6. The van der Waals surface area contributed by atoms with Crippen LogP contribution in [0, 0.1) is 13.8 Å². The van der Waals surface area contributed by atoms with Gasteiger partial charge in [0.2, 0.25) is 0 Å². The van der Waals surface area contributed by atoms with Gasteiger partial charge >= 0.3 is 0 Å². The largest absolute Gasteiger partial charge is 0.485 e. The Balaban J connectivity index is 1.11. The lowest BCUT2D eigenvalue weighted by molar-refractivity contribution is 0.0841. The Hall–Kier alpha value is -3.43. The van der Waals surface area contributed by atoms with Gasteiger partial charge in [-0.25, -0.2) is 9.97 Å². The molecule has 202 valence electrons. The summed E-state index contributed by atoms with van der Waals surface area (Å²) < 4.78 is 11.4. The van der Waals surface area contributed by atoms with Gasteiger partial charge in [-0.3, -0.25) is 9.69 Å². The molecule has 2 aliphatic rings. The summed E-state index contributed by atoms with van der Waals surface area (Å²) in [6, 6.07) is 7.69. The van der Waals surface area contributed by atoms with Gasteiger partial charge < -0.3 is 24.5 Å². The van der Waals surface area contributed by atoms with Crippen LogP contribution in [0.15, 0.2) is 41.3 Å². The molecular formula is C29H37N5O4. The minimum atomic E-state index is -0.655. The molecule has 1 saturated heterocycles. The van der Waals surface area contributed by atoms with E-state index in [9.17, 15) is 9.90 Å². The number of amides is 1. The van der Waals surface area contributed by atoms with Crippen LogP contribution >= 0.6 is 0 Å². The maximum absolute atomic E-state index is 12.8. The summed E-state index contributed by atoms with van der Waals surface area (Å²) in [7, 11) is 0. The number of nitrogens with zero attached hydrogens (tertiary/aromatic N) is 4. The lowest BCUT2D eigenvalue weighted by atomic mass is 9.94. The highest BCUT2D eigenvalue weighted by Crippen LogP contribution is 2.30. The molecule has 3 aromatic rings. The van der Waals surface area contributed by atoms with E-state index in [-0.39, 0.29) is 12.5 Å². The van der Waals surface area contributed by atoms with Crippen LogP contribution in [0.4, 0.5) is 5.82 Å². The Morgan fingerprint density at radius 1 is 1.16 bits per heavy atom. The molecule has 2 N–H and O–H groups in total. The number of hydrogen-bond acceptors (Lipinski definition) is 8. The number of anilines is 1. The minimum absolute atomic E-state index is 0.183. The predicted molar refractivity (Wildman–Crippen MR) is 144 cm³/mol. The van der Waals surface area contributed by atoms with Gasteiger partial charge in [0.15, 0.2) is 12.2 Å². The van der Waals surface area contributed by atoms with Gasteiger partial charge in [0.1, 0.15) is 18.2 Å². The van der Waals surface area contributed by atoms with Crippen LogP contribution in [-0.2, 0) is 19.6 Å². The average molecular weight is 520 g/mol. The lowest BCUT2D eigenvalue weighted by Crippen LogP contribution is -2.42. The molecule has 5 rings (SSSR count). The average Bonchev–Trinajstić information content (AvgIpc) is 3.36. The maximum atomic E-state index is 12.8. The second-order valence-electron chi connectivity index (χ2n) is 10.3. The molecule has 1 amide bonds. The van der Waals surface area contributed by atoms with E-state index in [4.69, 9.17) is 9.15 Å². The number of piperidine rings is 1. The summed E-state index contributed by atoms with van der Waals surface area (Å²) in [5.74, 6) is 2.26. The van der Waals surface area contributed by atoms with Gasteiger partial charge in [-0.15, -0.1) is 0 Å². The monoisotopic (exact) mass is 519 g/mol. The summed E-state index contributed by atoms with van der Waals surface area (Å²) in [4.78, 5) is 25.8. The molecule has 0 saturated carbocycles. The van der Waals surface area contributed by atoms with E-state index in [2.05, 4.69) is 38.1 Å². The molecule has 0 aliphatic carbocycles. The molecule has 4 heterocycles. The number of carbonyl (C=O) groups excluding carboxylic acids is 1. The lowest BCUT2D eigenvalue weighted by Gasteiger charge is -2.31. The first-order valence-electron chi connectivity index (χ1n) is 13.5. The number of benzene rings is 1. The second-order valence-corrected chi connectivity index (χ2v) is 10.3. The van der Waals surface area contributed by atoms with Crippen molar-refractivity contribution in [1.82, 2.24) is 20.2 Å². The van der Waals surface area contributed by atoms with E-state index in [1.165, 1.54) is 23.9 Å². The van der Waals surface area contributed by atoms with Gasteiger partial charge in [-0.1, -0.05) is 6.07 Å². The van der Waals surface area contributed by atoms with Gasteiger partial charge in [0.05, 0.1) is 11.8 Å². The Bertz CT molecular complexity index is 1250. The highest BCUT2D eigenvalue weighted by atomic mass is 16.5. The Morgan fingerprint density at radius 2 is 2.00 bits per heavy atom. The minimum Gasteiger partial charge on any atom is -0.485 e. The fourth-order valence-corrected chi connectivity index (χ4v) is 5.33. The van der Waals surface area contributed by atoms with Crippen molar-refractivity contribution in [3.63, 3.8) is 0 Å². The number of aliphatic hydroxyl groups excluding tert-OH is 1. The molecular weight excluding hydrogens is 482 g/mol. The first-order chi connectivity index (χ1) is 18.5. The first kappa shape index (κ1) is 26.2. The zero-order chi connectivity index (χ0) is 26.5. The third-order valence-electron chi connectivity index (χ3n) is 7.58. The summed E-state index contributed by atoms with van der Waals surface area (Å²) in [5.41, 5.74) is 5.11. The van der Waals surface area contributed by atoms with E-state index in [0.717, 1.165) is 74.0 Å². The molecule has 9 nitrogen and oxygen atoms in total. The summed E-state index contributed by atoms with van der Waals surface area (Å²) in [6.45, 7) is 8.61. The fourth-order valence-electron chi connectivity index (χ4n) is 5.33. The van der Waals surface area contributed by atoms with Crippen molar-refractivity contribution in [1.29, 1.82) is 0 Å². The molecule has 2 aliphatic heterocycles. The number of aliphatic hydroxyl groups is 1. The van der Waals surface area contributed by atoms with Crippen molar-refractivity contribution in [3.8, 4) is 5.75 Å². The van der Waals surface area contributed by atoms with E-state index in [1.807, 2.05) is 19.1 Å². The Labute approximate surface area is 223 Å². The number of nitrogens with one attached hydrogen (secondary N) is 1. The van der Waals surface area contributed by atoms with Crippen LogP contribution in [0.3, 0.4) is 0 Å². The highest BCUT2D eigenvalue weighted by Gasteiger charge is 2.22. The Kier molecular flexibility index (Phi) is 8.24. The van der Waals surface area contributed by atoms with Gasteiger partial charge in [0.25, 0.3) is 5.91 Å². The molecule has 0 spiro atoms. The van der Waals surface area contributed by atoms with Crippen molar-refractivity contribution in [2.45, 2.75) is 58.8 Å². The SMILES string of the molecule is Cc1ncoc1COc1ccc2c(c1C)CCN(C[C@@H](O)CNC(=O)c1ccnc(N3CCCCC3)c1)C2. The number of β-amino-alcohol motifs (C(OH)–C–C–N with tert-alkyl or cyclic N) is 1. The number of oxazole rings is 1. The molecule has 0 unspecified atom stereocenters. The molecule has 2 aromatic heterocycles. The standard InChI is InChI=1S/C29H37N5O4/c1-20-25-9-13-33(16-23(25)6-7-26(20)37-18-27-21(2)32-19-38-27)17-24(35)15-31-29(36)22-8-10-30-28(14-22)34-11-4-3-5-12-34/h6-8,10,14,19,24,35H,3-5,9,11-13,15-18H2,1-2H3,(H,31,36)/t24-/m0/s1. The zero-order valence-electron chi connectivity index (χ0n) is 22.3. The third kappa shape index (κ3) is 6.16. The van der Waals surface area contributed by atoms with Crippen LogP contribution in [-0.4, -0.2) is 64.7 Å². The van der Waals surface area contributed by atoms with Crippen LogP contribution in [0.5, 0.6) is 5.75 Å². The van der Waals surface area contributed by atoms with Crippen molar-refractivity contribution < 1.29 is 19.1 Å². The molecule has 0 bridgehead atoms. The van der Waals surface area contributed by atoms with Crippen LogP contribution in [0.1, 0.15) is 57.8 Å². The van der Waals surface area contributed by atoms with Crippen LogP contribution < -0.4 is 15.0 Å². The molecule has 9 heteroatoms. The first-order valence-corrected chi connectivity index (χ1v) is 13.5. The topological polar surface area (TPSA) is 104 Å². The van der Waals surface area contributed by atoms with Gasteiger partial charge in [-0.2, -0.15) is 0 Å². The second kappa shape index (κ2) is 12.0. The number of rotatable bonds is 9. The van der Waals surface area contributed by atoms with E-state index in [1.54, 1.807) is 12.3 Å². The number of hydrogen-bond donors (Lipinski definition) is 2. The third-order valence-corrected chi connectivity index (χ3v) is 7.58. The van der Waals surface area contributed by atoms with E-state index < -0.39 is 6.10 Å². The molecule has 1 atom stereocenters. The molecule has 0 radical (unpaired) electrons. The number of aromatic nitrogens is 2. The normalized spacial score (nSPS) is 16.7. The molecule has 38 heavy (non-hydrogen) atoms. The Morgan fingerprint density at radius 3 is 2.79 bits per heavy atom. The highest BCUT2D eigenvalue weighted by molar-refractivity contribution is 5.94. The van der Waals surface area contributed by atoms with Gasteiger partial charge in [0, 0.05) is 51.0 Å². The van der Waals surface area contributed by atoms with Crippen molar-refractivity contribution >= 4 is 11.7 Å². The van der Waals surface area contributed by atoms with E-state index >= 15 is 0 Å². The smallest absolute Gasteiger partial charge is 0.251 e. The fraction of sp³-hybridized carbons (Fsp3) is 0.483. The number of fused-ring (bicyclic) bond motifs is 1. The summed E-state index contributed by atoms with van der Waals surface area (Å²) in [6.07, 6.45) is 6.91. The summed E-state index contributed by atoms with van der Waals surface area (Å²) >= 11 is 0. The molecule has 1 fully saturated rings. The quantitative estimate of drug-likeness (QED) is 0.443. The van der Waals surface area contributed by atoms with Crippen molar-refractivity contribution in [2.24, 2.45) is 0 Å². The van der Waals surface area contributed by atoms with Crippen molar-refractivity contribution in [2.75, 3.05) is 37.6 Å². The van der Waals surface area contributed by atoms with Crippen LogP contribution in [0.25, 0.3) is 0 Å². The van der Waals surface area contributed by atoms with Crippen LogP contribution in [0.2, 0.25) is 0 Å². The molecule has 1 aromatic carbocycles. The van der Waals surface area contributed by atoms with Gasteiger partial charge in [-0.05, 0) is 74.4 Å². The zero-order valence-corrected chi connectivity index (χ0v) is 22.3. The number of pyridine rings is 1. The number of carbonyl (C=O) groups is 1. The number of aryl methyl sites for hydroxylation is 1. The predicted octanol–water partition coefficient (Wildman–Crippen LogP) is 3.40. The maximum Gasteiger partial charge on any atom is 0.251 e. The van der Waals surface area contributed by atoms with E-state index in [0.29, 0.717) is 18.7 Å². The number of ether oxygens (including phenoxy) is 1.